The van der Waals surface area contributed by atoms with Crippen LogP contribution >= 0.6 is 23.5 Å². The maximum atomic E-state index is 5.10. The molecule has 0 aliphatic rings. The molecule has 32 heavy (non-hydrogen) atoms. The van der Waals surface area contributed by atoms with Crippen LogP contribution in [0, 0.1) is 13.8 Å². The largest absolute Gasteiger partial charge is 0.248 e. The quantitative estimate of drug-likeness (QED) is 0.193. The van der Waals surface area contributed by atoms with Gasteiger partial charge in [0, 0.05) is 21.3 Å². The zero-order chi connectivity index (χ0) is 21.9. The molecule has 1 aromatic heterocycles. The van der Waals surface area contributed by atoms with E-state index in [0.717, 1.165) is 33.9 Å². The van der Waals surface area contributed by atoms with E-state index in [2.05, 4.69) is 98.8 Å². The number of rotatable bonds is 6. The van der Waals surface area contributed by atoms with Gasteiger partial charge in [0.1, 0.15) is 0 Å². The van der Waals surface area contributed by atoms with Gasteiger partial charge in [-0.15, -0.1) is 23.5 Å². The molecule has 0 N–H and O–H groups in total. The van der Waals surface area contributed by atoms with Crippen LogP contribution in [0.4, 0.5) is 0 Å². The lowest BCUT2D eigenvalue weighted by Gasteiger charge is -2.11. The molecule has 158 valence electrons. The molecule has 4 heteroatoms. The number of aryl methyl sites for hydroxylation is 2. The molecule has 0 radical (unpaired) electrons. The molecule has 0 aliphatic heterocycles. The highest BCUT2D eigenvalue weighted by Gasteiger charge is 2.12. The van der Waals surface area contributed by atoms with Crippen molar-refractivity contribution in [3.05, 3.63) is 107 Å². The van der Waals surface area contributed by atoms with Crippen LogP contribution in [0.5, 0.6) is 0 Å². The fourth-order valence-electron chi connectivity index (χ4n) is 3.76. The lowest BCUT2D eigenvalue weighted by Crippen LogP contribution is -2.01. The Hall–Kier alpha value is -2.82. The van der Waals surface area contributed by atoms with Crippen molar-refractivity contribution in [3.63, 3.8) is 0 Å². The van der Waals surface area contributed by atoms with Gasteiger partial charge < -0.3 is 0 Å². The molecule has 0 saturated carbocycles. The summed E-state index contributed by atoms with van der Waals surface area (Å²) in [6.45, 7) is 4.27. The first-order valence-electron chi connectivity index (χ1n) is 10.7. The molecule has 1 heterocycles. The van der Waals surface area contributed by atoms with Gasteiger partial charge in [0.2, 0.25) is 0 Å². The number of benzene rings is 4. The summed E-state index contributed by atoms with van der Waals surface area (Å²) in [5.74, 6) is 1.62. The number of hydrogen-bond donors (Lipinski definition) is 0. The first kappa shape index (κ1) is 21.0. The fourth-order valence-corrected chi connectivity index (χ4v) is 5.72. The Morgan fingerprint density at radius 1 is 0.562 bits per heavy atom. The van der Waals surface area contributed by atoms with E-state index >= 15 is 0 Å². The smallest absolute Gasteiger partial charge is 0.0897 e. The molecule has 4 aromatic carbocycles. The minimum atomic E-state index is 0.808. The summed E-state index contributed by atoms with van der Waals surface area (Å²) in [6.07, 6.45) is 0. The Bertz CT molecular complexity index is 1300. The molecule has 0 spiro atoms. The molecule has 0 amide bonds. The molecular weight excluding hydrogens is 428 g/mol. The van der Waals surface area contributed by atoms with Gasteiger partial charge in [-0.05, 0) is 61.0 Å². The lowest BCUT2D eigenvalue weighted by molar-refractivity contribution is 1.07. The Balaban J connectivity index is 1.51. The van der Waals surface area contributed by atoms with Crippen molar-refractivity contribution in [2.75, 3.05) is 0 Å². The van der Waals surface area contributed by atoms with Crippen LogP contribution in [0.3, 0.4) is 0 Å². The Morgan fingerprint density at radius 3 is 1.47 bits per heavy atom. The summed E-state index contributed by atoms with van der Waals surface area (Å²) in [7, 11) is 0. The van der Waals surface area contributed by atoms with Crippen LogP contribution in [-0.2, 0) is 11.5 Å². The topological polar surface area (TPSA) is 25.8 Å². The standard InChI is InChI=1S/C28H24N2S2/c1-19-7-5-11-23(13-19)31-17-27-28(18-32-24-12-6-8-20(2)14-24)30-26-16-22-10-4-3-9-21(22)15-25(26)29-27/h3-16H,17-18H2,1-2H3. The van der Waals surface area contributed by atoms with Crippen LogP contribution in [-0.4, -0.2) is 9.97 Å². The summed E-state index contributed by atoms with van der Waals surface area (Å²) >= 11 is 3.65. The zero-order valence-corrected chi connectivity index (χ0v) is 19.8. The van der Waals surface area contributed by atoms with Gasteiger partial charge in [-0.1, -0.05) is 59.7 Å². The van der Waals surface area contributed by atoms with Gasteiger partial charge in [-0.25, -0.2) is 9.97 Å². The third-order valence-corrected chi connectivity index (χ3v) is 7.43. The average Bonchev–Trinajstić information content (AvgIpc) is 2.80. The normalized spacial score (nSPS) is 11.3. The number of hydrogen-bond acceptors (Lipinski definition) is 4. The van der Waals surface area contributed by atoms with Gasteiger partial charge in [0.15, 0.2) is 0 Å². The number of thioether (sulfide) groups is 2. The second-order valence-corrected chi connectivity index (χ2v) is 10.1. The highest BCUT2D eigenvalue weighted by atomic mass is 32.2. The maximum absolute atomic E-state index is 5.10. The first-order chi connectivity index (χ1) is 15.6. The summed E-state index contributed by atoms with van der Waals surface area (Å²) in [5, 5.41) is 2.40. The molecular formula is C28H24N2S2. The lowest BCUT2D eigenvalue weighted by atomic mass is 10.1. The highest BCUT2D eigenvalue weighted by molar-refractivity contribution is 7.99. The Kier molecular flexibility index (Phi) is 6.15. The van der Waals surface area contributed by atoms with Gasteiger partial charge in [-0.3, -0.25) is 0 Å². The molecule has 5 aromatic rings. The highest BCUT2D eigenvalue weighted by Crippen LogP contribution is 2.30. The third kappa shape index (κ3) is 4.82. The van der Waals surface area contributed by atoms with E-state index in [4.69, 9.17) is 9.97 Å². The molecule has 0 fully saturated rings. The average molecular weight is 453 g/mol. The second-order valence-electron chi connectivity index (χ2n) is 8.02. The van der Waals surface area contributed by atoms with Crippen molar-refractivity contribution in [2.45, 2.75) is 35.1 Å². The van der Waals surface area contributed by atoms with Crippen LogP contribution in [0.25, 0.3) is 21.8 Å². The van der Waals surface area contributed by atoms with E-state index in [1.807, 2.05) is 23.5 Å². The monoisotopic (exact) mass is 452 g/mol. The predicted molar refractivity (Wildman–Crippen MR) is 139 cm³/mol. The Morgan fingerprint density at radius 2 is 1.03 bits per heavy atom. The number of fused-ring (bicyclic) bond motifs is 2. The van der Waals surface area contributed by atoms with E-state index in [1.165, 1.54) is 31.7 Å². The Labute approximate surface area is 197 Å². The first-order valence-corrected chi connectivity index (χ1v) is 12.7. The summed E-state index contributed by atoms with van der Waals surface area (Å²) in [4.78, 5) is 12.7. The van der Waals surface area contributed by atoms with E-state index in [1.54, 1.807) is 0 Å². The molecule has 5 rings (SSSR count). The second kappa shape index (κ2) is 9.35. The summed E-state index contributed by atoms with van der Waals surface area (Å²) in [6, 6.07) is 30.0. The van der Waals surface area contributed by atoms with Crippen LogP contribution in [0.15, 0.2) is 94.7 Å². The van der Waals surface area contributed by atoms with Gasteiger partial charge in [0.05, 0.1) is 22.4 Å². The SMILES string of the molecule is Cc1cccc(SCc2nc3cc4ccccc4cc3nc2CSc2cccc(C)c2)c1. The van der Waals surface area contributed by atoms with E-state index in [-0.39, 0.29) is 0 Å². The van der Waals surface area contributed by atoms with Gasteiger partial charge in [-0.2, -0.15) is 0 Å². The van der Waals surface area contributed by atoms with Crippen LogP contribution in [0.2, 0.25) is 0 Å². The summed E-state index contributed by atoms with van der Waals surface area (Å²) in [5.41, 5.74) is 6.63. The molecule has 0 unspecified atom stereocenters. The van der Waals surface area contributed by atoms with Crippen molar-refractivity contribution in [1.29, 1.82) is 0 Å². The summed E-state index contributed by atoms with van der Waals surface area (Å²) < 4.78 is 0. The van der Waals surface area contributed by atoms with Crippen molar-refractivity contribution in [2.24, 2.45) is 0 Å². The zero-order valence-electron chi connectivity index (χ0n) is 18.2. The van der Waals surface area contributed by atoms with E-state index < -0.39 is 0 Å². The predicted octanol–water partition coefficient (Wildman–Crippen LogP) is 7.98. The van der Waals surface area contributed by atoms with Crippen molar-refractivity contribution in [3.8, 4) is 0 Å². The molecule has 0 aliphatic carbocycles. The van der Waals surface area contributed by atoms with Crippen molar-refractivity contribution in [1.82, 2.24) is 9.97 Å². The van der Waals surface area contributed by atoms with Crippen molar-refractivity contribution < 1.29 is 0 Å². The van der Waals surface area contributed by atoms with Gasteiger partial charge in [0.25, 0.3) is 0 Å². The van der Waals surface area contributed by atoms with Crippen LogP contribution < -0.4 is 0 Å². The molecule has 0 atom stereocenters. The molecule has 2 nitrogen and oxygen atoms in total. The minimum absolute atomic E-state index is 0.808. The third-order valence-electron chi connectivity index (χ3n) is 5.42. The maximum Gasteiger partial charge on any atom is 0.0897 e. The van der Waals surface area contributed by atoms with E-state index in [0.29, 0.717) is 0 Å². The van der Waals surface area contributed by atoms with Crippen LogP contribution in [0.1, 0.15) is 22.5 Å². The minimum Gasteiger partial charge on any atom is -0.248 e. The fraction of sp³-hybridized carbons (Fsp3) is 0.143. The molecule has 0 saturated heterocycles. The van der Waals surface area contributed by atoms with Gasteiger partial charge >= 0.3 is 0 Å². The number of aromatic nitrogens is 2. The molecule has 0 bridgehead atoms. The van der Waals surface area contributed by atoms with Crippen molar-refractivity contribution >= 4 is 45.3 Å². The van der Waals surface area contributed by atoms with E-state index in [9.17, 15) is 0 Å². The number of nitrogens with zero attached hydrogens (tertiary/aromatic N) is 2.